The molecule has 5 rings (SSSR count). The Hall–Kier alpha value is -4.25. The molecule has 0 radical (unpaired) electrons. The molecule has 2 N–H and O–H groups in total. The molecular formula is C25H22N6O2. The molecule has 1 aliphatic carbocycles. The van der Waals surface area contributed by atoms with Crippen LogP contribution in [0.15, 0.2) is 52.7 Å². The van der Waals surface area contributed by atoms with E-state index in [0.717, 1.165) is 34.7 Å². The molecule has 33 heavy (non-hydrogen) atoms. The zero-order chi connectivity index (χ0) is 22.8. The van der Waals surface area contributed by atoms with Crippen molar-refractivity contribution in [3.05, 3.63) is 53.9 Å². The highest BCUT2D eigenvalue weighted by molar-refractivity contribution is 6.28. The third kappa shape index (κ3) is 4.67. The summed E-state index contributed by atoms with van der Waals surface area (Å²) in [5.41, 5.74) is 1.58. The predicted octanol–water partition coefficient (Wildman–Crippen LogP) is 3.63. The number of fused-ring (bicyclic) bond motifs is 1. The van der Waals surface area contributed by atoms with Gasteiger partial charge in [0.05, 0.1) is 11.8 Å². The highest BCUT2D eigenvalue weighted by Crippen LogP contribution is 2.31. The van der Waals surface area contributed by atoms with Gasteiger partial charge in [0.2, 0.25) is 11.8 Å². The molecule has 1 aliphatic heterocycles. The van der Waals surface area contributed by atoms with E-state index in [9.17, 15) is 4.79 Å². The Morgan fingerprint density at radius 1 is 1.09 bits per heavy atom. The molecule has 2 aromatic heterocycles. The summed E-state index contributed by atoms with van der Waals surface area (Å²) >= 11 is 0. The third-order valence-corrected chi connectivity index (χ3v) is 5.34. The Balaban J connectivity index is 1.40. The summed E-state index contributed by atoms with van der Waals surface area (Å²) in [7, 11) is 1.81. The van der Waals surface area contributed by atoms with E-state index in [1.54, 1.807) is 18.6 Å². The van der Waals surface area contributed by atoms with E-state index in [4.69, 9.17) is 4.74 Å². The van der Waals surface area contributed by atoms with Crippen molar-refractivity contribution in [1.82, 2.24) is 9.97 Å². The van der Waals surface area contributed by atoms with Gasteiger partial charge in [-0.25, -0.2) is 15.0 Å². The van der Waals surface area contributed by atoms with Crippen LogP contribution >= 0.6 is 0 Å². The van der Waals surface area contributed by atoms with Crippen LogP contribution in [0.5, 0.6) is 5.75 Å². The second kappa shape index (κ2) is 8.71. The first kappa shape index (κ1) is 20.6. The van der Waals surface area contributed by atoms with Crippen LogP contribution in [0.3, 0.4) is 0 Å². The molecule has 3 aromatic rings. The number of anilines is 2. The molecule has 164 valence electrons. The number of nitrogens with one attached hydrogen (secondary N) is 2. The number of pyridine rings is 2. The normalized spacial score (nSPS) is 16.7. The quantitative estimate of drug-likeness (QED) is 0.606. The second-order valence-electron chi connectivity index (χ2n) is 7.90. The number of carbonyl (C=O) groups excluding carboxylic acids is 1. The first-order valence-electron chi connectivity index (χ1n) is 10.8. The number of carbonyl (C=O) groups is 1. The maximum atomic E-state index is 12.2. The Labute approximate surface area is 191 Å². The molecule has 0 spiro atoms. The summed E-state index contributed by atoms with van der Waals surface area (Å²) < 4.78 is 5.71. The van der Waals surface area contributed by atoms with E-state index in [1.165, 1.54) is 0 Å². The lowest BCUT2D eigenvalue weighted by molar-refractivity contribution is -0.117. The van der Waals surface area contributed by atoms with Crippen molar-refractivity contribution in [2.75, 3.05) is 17.7 Å². The first-order chi connectivity index (χ1) is 16.1. The number of aliphatic imine (C=N–C) groups is 2. The van der Waals surface area contributed by atoms with E-state index in [1.807, 2.05) is 44.3 Å². The number of benzene rings is 1. The Kier molecular flexibility index (Phi) is 5.45. The minimum absolute atomic E-state index is 0.0176. The summed E-state index contributed by atoms with van der Waals surface area (Å²) in [4.78, 5) is 29.4. The summed E-state index contributed by atoms with van der Waals surface area (Å²) in [6.07, 6.45) is 6.85. The predicted molar refractivity (Wildman–Crippen MR) is 129 cm³/mol. The number of amides is 1. The molecule has 1 aromatic carbocycles. The average Bonchev–Trinajstić information content (AvgIpc) is 3.60. The fourth-order valence-electron chi connectivity index (χ4n) is 3.42. The lowest BCUT2D eigenvalue weighted by Gasteiger charge is -2.09. The summed E-state index contributed by atoms with van der Waals surface area (Å²) in [6.45, 7) is 1.90. The van der Waals surface area contributed by atoms with E-state index < -0.39 is 0 Å². The molecule has 1 atom stereocenters. The largest absolute Gasteiger partial charge is 0.438 e. The van der Waals surface area contributed by atoms with Gasteiger partial charge in [-0.1, -0.05) is 11.8 Å². The zero-order valence-corrected chi connectivity index (χ0v) is 18.3. The number of ether oxygens (including phenoxy) is 1. The molecule has 0 saturated heterocycles. The van der Waals surface area contributed by atoms with Gasteiger partial charge in [0, 0.05) is 41.7 Å². The average molecular weight is 438 g/mol. The van der Waals surface area contributed by atoms with Crippen molar-refractivity contribution in [2.45, 2.75) is 25.9 Å². The highest BCUT2D eigenvalue weighted by atomic mass is 16.5. The van der Waals surface area contributed by atoms with Gasteiger partial charge in [-0.2, -0.15) is 0 Å². The molecule has 2 aliphatic rings. The van der Waals surface area contributed by atoms with Crippen molar-refractivity contribution in [1.29, 1.82) is 0 Å². The van der Waals surface area contributed by atoms with E-state index in [-0.39, 0.29) is 18.0 Å². The third-order valence-electron chi connectivity index (χ3n) is 5.34. The van der Waals surface area contributed by atoms with Crippen LogP contribution in [-0.2, 0) is 4.79 Å². The summed E-state index contributed by atoms with van der Waals surface area (Å²) in [5, 5.41) is 7.69. The molecule has 8 heteroatoms. The molecule has 1 amide bonds. The van der Waals surface area contributed by atoms with Gasteiger partial charge in [-0.15, -0.1) is 0 Å². The van der Waals surface area contributed by atoms with Crippen LogP contribution in [0, 0.1) is 17.8 Å². The molecule has 1 unspecified atom stereocenters. The van der Waals surface area contributed by atoms with Crippen LogP contribution < -0.4 is 15.4 Å². The van der Waals surface area contributed by atoms with Crippen molar-refractivity contribution in [3.8, 4) is 17.6 Å². The van der Waals surface area contributed by atoms with Gasteiger partial charge in [-0.05, 0) is 50.1 Å². The van der Waals surface area contributed by atoms with Crippen molar-refractivity contribution in [2.24, 2.45) is 15.9 Å². The van der Waals surface area contributed by atoms with Crippen LogP contribution in [-0.4, -0.2) is 41.2 Å². The van der Waals surface area contributed by atoms with Crippen molar-refractivity contribution >= 4 is 40.4 Å². The number of hydrogen-bond donors (Lipinski definition) is 2. The maximum Gasteiger partial charge on any atom is 0.234 e. The maximum absolute atomic E-state index is 12.2. The van der Waals surface area contributed by atoms with E-state index in [0.29, 0.717) is 23.3 Å². The van der Waals surface area contributed by atoms with Gasteiger partial charge < -0.3 is 15.4 Å². The molecule has 1 fully saturated rings. The van der Waals surface area contributed by atoms with Crippen LogP contribution in [0.25, 0.3) is 10.8 Å². The fourth-order valence-corrected chi connectivity index (χ4v) is 3.42. The highest BCUT2D eigenvalue weighted by Gasteiger charge is 2.29. The summed E-state index contributed by atoms with van der Waals surface area (Å²) in [6, 6.07) is 9.32. The SMILES string of the molecule is CNc1ncc(C#Cc2ccc(OC3=NC(C)N=C3)cc2)c2cc(NC(=O)C3CC3)ncc12. The Morgan fingerprint density at radius 3 is 2.61 bits per heavy atom. The molecule has 1 saturated carbocycles. The zero-order valence-electron chi connectivity index (χ0n) is 18.3. The standard InChI is InChI=1S/C25H22N6O2/c1-15-27-14-23(30-15)33-19-9-4-16(5-10-19)3-6-18-12-29-24(26-2)21-13-28-22(11-20(18)21)31-25(32)17-7-8-17/h4-5,9-15,17H,7-8H2,1-2H3,(H,26,29)(H,28,31,32). The minimum atomic E-state index is -0.0967. The number of rotatable bonds is 4. The number of hydrogen-bond acceptors (Lipinski definition) is 7. The van der Waals surface area contributed by atoms with Crippen LogP contribution in [0.4, 0.5) is 11.6 Å². The van der Waals surface area contributed by atoms with Gasteiger partial charge in [0.1, 0.15) is 23.6 Å². The number of aromatic nitrogens is 2. The van der Waals surface area contributed by atoms with E-state index in [2.05, 4.69) is 42.4 Å². The van der Waals surface area contributed by atoms with Gasteiger partial charge in [0.25, 0.3) is 0 Å². The van der Waals surface area contributed by atoms with Gasteiger partial charge >= 0.3 is 0 Å². The lowest BCUT2D eigenvalue weighted by Crippen LogP contribution is -2.14. The Morgan fingerprint density at radius 2 is 1.91 bits per heavy atom. The summed E-state index contributed by atoms with van der Waals surface area (Å²) in [5.74, 6) is 8.90. The fraction of sp³-hybridized carbons (Fsp3) is 0.240. The topological polar surface area (TPSA) is 101 Å². The molecular weight excluding hydrogens is 416 g/mol. The monoisotopic (exact) mass is 438 g/mol. The smallest absolute Gasteiger partial charge is 0.234 e. The minimum Gasteiger partial charge on any atom is -0.438 e. The molecule has 8 nitrogen and oxygen atoms in total. The van der Waals surface area contributed by atoms with Crippen LogP contribution in [0.1, 0.15) is 30.9 Å². The van der Waals surface area contributed by atoms with Crippen molar-refractivity contribution in [3.63, 3.8) is 0 Å². The number of nitrogens with zero attached hydrogens (tertiary/aromatic N) is 4. The van der Waals surface area contributed by atoms with Crippen LogP contribution in [0.2, 0.25) is 0 Å². The Bertz CT molecular complexity index is 1350. The van der Waals surface area contributed by atoms with Gasteiger partial charge in [-0.3, -0.25) is 9.79 Å². The lowest BCUT2D eigenvalue weighted by atomic mass is 10.1. The van der Waals surface area contributed by atoms with Crippen molar-refractivity contribution < 1.29 is 9.53 Å². The van der Waals surface area contributed by atoms with Gasteiger partial charge in [0.15, 0.2) is 0 Å². The second-order valence-corrected chi connectivity index (χ2v) is 7.90. The first-order valence-corrected chi connectivity index (χ1v) is 10.8. The molecule has 3 heterocycles. The molecule has 0 bridgehead atoms. The van der Waals surface area contributed by atoms with E-state index >= 15 is 0 Å².